The number of rotatable bonds is 4. The molecule has 0 unspecified atom stereocenters. The normalized spacial score (nSPS) is 14.4. The Morgan fingerprint density at radius 1 is 0.438 bits per heavy atom. The molecule has 0 fully saturated rings. The third-order valence-corrected chi connectivity index (χ3v) is 8.48. The molecule has 5 heteroatoms. The molecule has 0 N–H and O–H groups in total. The molecule has 0 bridgehead atoms. The molecule has 0 aliphatic rings. The Labute approximate surface area is 287 Å². The maximum atomic E-state index is 9.67. The predicted octanol–water partition coefficient (Wildman–Crippen LogP) is 11.5. The maximum Gasteiger partial charge on any atom is 0.164 e. The second-order valence-corrected chi connectivity index (χ2v) is 11.3. The van der Waals surface area contributed by atoms with E-state index in [1.54, 1.807) is 0 Å². The molecule has 7 aromatic carbocycles. The van der Waals surface area contributed by atoms with Gasteiger partial charge in [-0.2, -0.15) is 0 Å². The lowest BCUT2D eigenvalue weighted by atomic mass is 9.99. The second-order valence-electron chi connectivity index (χ2n) is 11.3. The van der Waals surface area contributed by atoms with Crippen molar-refractivity contribution in [3.8, 4) is 45.3 Å². The van der Waals surface area contributed by atoms with Gasteiger partial charge in [0.25, 0.3) is 0 Å². The molecule has 10 rings (SSSR count). The van der Waals surface area contributed by atoms with E-state index in [2.05, 4.69) is 0 Å². The number of hydrogen-bond donors (Lipinski definition) is 0. The summed E-state index contributed by atoms with van der Waals surface area (Å²) in [5.41, 5.74) is 3.99. The topological polar surface area (TPSA) is 65.0 Å². The fraction of sp³-hybridized carbons (Fsp3) is 0. The van der Waals surface area contributed by atoms with Gasteiger partial charge in [0.15, 0.2) is 17.5 Å². The first-order valence-electron chi connectivity index (χ1n) is 19.7. The van der Waals surface area contributed by atoms with E-state index in [1.807, 2.05) is 97.1 Å². The van der Waals surface area contributed by atoms with Gasteiger partial charge >= 0.3 is 0 Å². The number of hydrogen-bond acceptors (Lipinski definition) is 5. The minimum Gasteiger partial charge on any atom is -0.456 e. The largest absolute Gasteiger partial charge is 0.456 e. The van der Waals surface area contributed by atoms with Crippen molar-refractivity contribution in [2.45, 2.75) is 0 Å². The van der Waals surface area contributed by atoms with Gasteiger partial charge in [-0.25, -0.2) is 15.0 Å². The number of benzene rings is 7. The Hall–Kier alpha value is -6.59. The lowest BCUT2D eigenvalue weighted by Crippen LogP contribution is -2.00. The Morgan fingerprint density at radius 3 is 1.94 bits per heavy atom. The standard InChI is InChI=1S/C43H25N3O2/c1-3-12-26(13-4-1)29-19-11-21-37-39(29)33-23-22-28(24-38(33)47-37)42-44-41(27-14-5-2-6-15-27)45-43(46-42)35-25-34-31-17-9-10-20-36(31)48-40(34)32-18-8-7-16-30(32)35/h1-25H/i7D,8D,9D,10D,16D,17D,18D,20D,25D. The Balaban J connectivity index is 1.30. The SMILES string of the molecule is [2H]c1c([2H])c([2H])c2c(oc3c4c([2H])c([2H])c([2H])c([2H])c4c(-c4nc(-c5ccccc5)nc(-c5ccc6c(c5)oc5cccc(-c7ccccc7)c56)n4)c([2H])c32)c1[2H]. The molecule has 0 saturated carbocycles. The average molecular weight is 625 g/mol. The Morgan fingerprint density at radius 2 is 1.12 bits per heavy atom. The van der Waals surface area contributed by atoms with E-state index in [-0.39, 0.29) is 61.8 Å². The molecule has 0 amide bonds. The zero-order valence-corrected chi connectivity index (χ0v) is 24.9. The van der Waals surface area contributed by atoms with E-state index >= 15 is 0 Å². The molecule has 0 saturated heterocycles. The van der Waals surface area contributed by atoms with Gasteiger partial charge in [0.05, 0.1) is 12.3 Å². The van der Waals surface area contributed by atoms with Crippen molar-refractivity contribution >= 4 is 54.6 Å². The van der Waals surface area contributed by atoms with Gasteiger partial charge in [0.2, 0.25) is 0 Å². The third-order valence-electron chi connectivity index (χ3n) is 8.48. The molecule has 0 aliphatic heterocycles. The quantitative estimate of drug-likeness (QED) is 0.195. The monoisotopic (exact) mass is 624 g/mol. The van der Waals surface area contributed by atoms with Crippen LogP contribution in [0.2, 0.25) is 0 Å². The highest BCUT2D eigenvalue weighted by Crippen LogP contribution is 2.41. The summed E-state index contributed by atoms with van der Waals surface area (Å²) in [6.07, 6.45) is 0. The minimum absolute atomic E-state index is 0.0642. The van der Waals surface area contributed by atoms with Gasteiger partial charge < -0.3 is 8.83 Å². The highest BCUT2D eigenvalue weighted by molar-refractivity contribution is 6.19. The van der Waals surface area contributed by atoms with Crippen LogP contribution in [-0.4, -0.2) is 15.0 Å². The van der Waals surface area contributed by atoms with Crippen molar-refractivity contribution in [3.05, 3.63) is 151 Å². The van der Waals surface area contributed by atoms with Crippen molar-refractivity contribution in [2.75, 3.05) is 0 Å². The first-order valence-corrected chi connectivity index (χ1v) is 15.2. The van der Waals surface area contributed by atoms with Crippen molar-refractivity contribution in [2.24, 2.45) is 0 Å². The van der Waals surface area contributed by atoms with E-state index in [4.69, 9.17) is 34.8 Å². The zero-order valence-electron chi connectivity index (χ0n) is 33.9. The summed E-state index contributed by atoms with van der Waals surface area (Å²) in [6, 6.07) is 26.2. The molecular formula is C43H25N3O2. The molecule has 3 aromatic heterocycles. The van der Waals surface area contributed by atoms with E-state index < -0.39 is 48.3 Å². The second kappa shape index (κ2) is 10.5. The molecule has 10 aromatic rings. The molecule has 5 nitrogen and oxygen atoms in total. The summed E-state index contributed by atoms with van der Waals surface area (Å²) in [5.74, 6) is 0.322. The molecule has 224 valence electrons. The Kier molecular flexibility index (Phi) is 4.18. The van der Waals surface area contributed by atoms with Crippen LogP contribution in [0.15, 0.2) is 160 Å². The smallest absolute Gasteiger partial charge is 0.164 e. The van der Waals surface area contributed by atoms with E-state index in [0.717, 1.165) is 21.9 Å². The third kappa shape index (κ3) is 4.15. The van der Waals surface area contributed by atoms with Gasteiger partial charge in [-0.3, -0.25) is 0 Å². The van der Waals surface area contributed by atoms with Crippen LogP contribution in [-0.2, 0) is 0 Å². The van der Waals surface area contributed by atoms with Crippen LogP contribution in [0.25, 0.3) is 99.9 Å². The van der Waals surface area contributed by atoms with E-state index in [1.165, 1.54) is 0 Å². The average Bonchev–Trinajstić information content (AvgIpc) is 3.83. The summed E-state index contributed by atoms with van der Waals surface area (Å²) in [6.45, 7) is 0. The lowest BCUT2D eigenvalue weighted by Gasteiger charge is -2.11. The molecule has 48 heavy (non-hydrogen) atoms. The number of para-hydroxylation sites is 1. The molecule has 0 atom stereocenters. The van der Waals surface area contributed by atoms with Crippen LogP contribution in [0, 0.1) is 0 Å². The fourth-order valence-corrected chi connectivity index (χ4v) is 6.30. The van der Waals surface area contributed by atoms with Crippen molar-refractivity contribution in [1.29, 1.82) is 0 Å². The first kappa shape index (κ1) is 19.2. The predicted molar refractivity (Wildman–Crippen MR) is 194 cm³/mol. The first-order chi connectivity index (χ1) is 27.5. The van der Waals surface area contributed by atoms with Gasteiger partial charge in [0.1, 0.15) is 22.3 Å². The molecule has 3 heterocycles. The molecule has 0 aliphatic carbocycles. The van der Waals surface area contributed by atoms with Crippen LogP contribution in [0.3, 0.4) is 0 Å². The summed E-state index contributed by atoms with van der Waals surface area (Å²) < 4.78 is 91.5. The van der Waals surface area contributed by atoms with Gasteiger partial charge in [-0.1, -0.05) is 121 Å². The lowest BCUT2D eigenvalue weighted by molar-refractivity contribution is 0.669. The summed E-state index contributed by atoms with van der Waals surface area (Å²) in [5, 5.41) is 1.44. The van der Waals surface area contributed by atoms with Crippen LogP contribution >= 0.6 is 0 Å². The highest BCUT2D eigenvalue weighted by Gasteiger charge is 2.20. The number of furan rings is 2. The molecule has 0 spiro atoms. The summed E-state index contributed by atoms with van der Waals surface area (Å²) in [7, 11) is 0. The van der Waals surface area contributed by atoms with E-state index in [0.29, 0.717) is 22.3 Å². The van der Waals surface area contributed by atoms with Crippen LogP contribution in [0.1, 0.15) is 12.3 Å². The van der Waals surface area contributed by atoms with Gasteiger partial charge in [0, 0.05) is 43.6 Å². The molecular weight excluding hydrogens is 590 g/mol. The van der Waals surface area contributed by atoms with Crippen LogP contribution in [0.4, 0.5) is 0 Å². The van der Waals surface area contributed by atoms with Crippen LogP contribution in [0.5, 0.6) is 0 Å². The minimum atomic E-state index is -0.562. The van der Waals surface area contributed by atoms with Crippen molar-refractivity contribution in [3.63, 3.8) is 0 Å². The van der Waals surface area contributed by atoms with Crippen molar-refractivity contribution < 1.29 is 21.2 Å². The summed E-state index contributed by atoms with van der Waals surface area (Å²) in [4.78, 5) is 14.6. The maximum absolute atomic E-state index is 9.67. The number of fused-ring (bicyclic) bond motifs is 8. The Bertz CT molecular complexity index is 3350. The zero-order chi connectivity index (χ0) is 39.4. The number of nitrogens with zero attached hydrogens (tertiary/aromatic N) is 3. The molecule has 0 radical (unpaired) electrons. The van der Waals surface area contributed by atoms with E-state index in [9.17, 15) is 1.37 Å². The fourth-order valence-electron chi connectivity index (χ4n) is 6.30. The van der Waals surface area contributed by atoms with Crippen LogP contribution < -0.4 is 0 Å². The highest BCUT2D eigenvalue weighted by atomic mass is 16.3. The number of aromatic nitrogens is 3. The van der Waals surface area contributed by atoms with Gasteiger partial charge in [-0.15, -0.1) is 0 Å². The van der Waals surface area contributed by atoms with Gasteiger partial charge in [-0.05, 0) is 46.8 Å². The summed E-state index contributed by atoms with van der Waals surface area (Å²) >= 11 is 0. The van der Waals surface area contributed by atoms with Crippen molar-refractivity contribution in [1.82, 2.24) is 15.0 Å².